The summed E-state index contributed by atoms with van der Waals surface area (Å²) in [6.07, 6.45) is 1.49. The lowest BCUT2D eigenvalue weighted by atomic mass is 10.2. The molecule has 0 saturated carbocycles. The molecule has 0 aliphatic carbocycles. The standard InChI is InChI=1S/C19H13N3O3S2/c20-9-13(7-15-11-27-19(22-15)12-3-6-26-10-12)18(23)21-14-1-2-16-17(8-14)25-5-4-24-16/h1-3,6-8,10-11H,4-5H2,(H,21,23)/b13-7-. The largest absolute Gasteiger partial charge is 0.486 e. The maximum absolute atomic E-state index is 12.5. The molecular formula is C19H13N3O3S2. The fourth-order valence-electron chi connectivity index (χ4n) is 2.49. The van der Waals surface area contributed by atoms with Crippen molar-refractivity contribution in [3.8, 4) is 28.1 Å². The molecule has 134 valence electrons. The number of carbonyl (C=O) groups excluding carboxylic acids is 1. The fourth-order valence-corrected chi connectivity index (χ4v) is 3.98. The number of nitriles is 1. The van der Waals surface area contributed by atoms with E-state index in [9.17, 15) is 10.1 Å². The maximum Gasteiger partial charge on any atom is 0.266 e. The monoisotopic (exact) mass is 395 g/mol. The third-order valence-corrected chi connectivity index (χ3v) is 5.34. The molecule has 1 aliphatic rings. The Morgan fingerprint density at radius 3 is 2.85 bits per heavy atom. The van der Waals surface area contributed by atoms with Crippen molar-refractivity contribution in [3.05, 3.63) is 51.7 Å². The zero-order chi connectivity index (χ0) is 18.6. The quantitative estimate of drug-likeness (QED) is 0.529. The molecular weight excluding hydrogens is 382 g/mol. The van der Waals surface area contributed by atoms with Gasteiger partial charge in [-0.2, -0.15) is 16.6 Å². The molecule has 1 amide bonds. The van der Waals surface area contributed by atoms with Crippen molar-refractivity contribution < 1.29 is 14.3 Å². The fraction of sp³-hybridized carbons (Fsp3) is 0.105. The van der Waals surface area contributed by atoms with Gasteiger partial charge in [-0.05, 0) is 29.7 Å². The van der Waals surface area contributed by atoms with E-state index in [0.29, 0.717) is 36.1 Å². The highest BCUT2D eigenvalue weighted by Gasteiger charge is 2.15. The Kier molecular flexibility index (Phi) is 4.87. The first-order valence-electron chi connectivity index (χ1n) is 8.04. The van der Waals surface area contributed by atoms with Gasteiger partial charge in [-0.1, -0.05) is 0 Å². The van der Waals surface area contributed by atoms with Crippen molar-refractivity contribution in [2.24, 2.45) is 0 Å². The Balaban J connectivity index is 1.51. The highest BCUT2D eigenvalue weighted by molar-refractivity contribution is 7.14. The third kappa shape index (κ3) is 3.84. The number of thiazole rings is 1. The lowest BCUT2D eigenvalue weighted by Gasteiger charge is -2.18. The molecule has 8 heteroatoms. The molecule has 1 aliphatic heterocycles. The minimum atomic E-state index is -0.501. The molecule has 1 N–H and O–H groups in total. The summed E-state index contributed by atoms with van der Waals surface area (Å²) in [6.45, 7) is 0.963. The van der Waals surface area contributed by atoms with E-state index < -0.39 is 5.91 Å². The molecule has 0 bridgehead atoms. The summed E-state index contributed by atoms with van der Waals surface area (Å²) in [5.74, 6) is 0.708. The summed E-state index contributed by atoms with van der Waals surface area (Å²) in [5.41, 5.74) is 2.12. The predicted octanol–water partition coefficient (Wildman–Crippen LogP) is 4.19. The first-order chi connectivity index (χ1) is 13.2. The number of hydrogen-bond donors (Lipinski definition) is 1. The van der Waals surface area contributed by atoms with Crippen LogP contribution in [0.4, 0.5) is 5.69 Å². The van der Waals surface area contributed by atoms with Crippen LogP contribution in [-0.4, -0.2) is 24.1 Å². The van der Waals surface area contributed by atoms with Crippen LogP contribution < -0.4 is 14.8 Å². The Morgan fingerprint density at radius 1 is 1.22 bits per heavy atom. The molecule has 6 nitrogen and oxygen atoms in total. The first kappa shape index (κ1) is 17.3. The number of ether oxygens (including phenoxy) is 2. The van der Waals surface area contributed by atoms with Crippen molar-refractivity contribution in [2.45, 2.75) is 0 Å². The lowest BCUT2D eigenvalue weighted by molar-refractivity contribution is -0.112. The second-order valence-corrected chi connectivity index (χ2v) is 7.21. The second-order valence-electron chi connectivity index (χ2n) is 5.57. The SMILES string of the molecule is N#C/C(=C/c1csc(-c2ccsc2)n1)C(=O)Nc1ccc2c(c1)OCCO2. The first-order valence-corrected chi connectivity index (χ1v) is 9.86. The molecule has 4 rings (SSSR count). The predicted molar refractivity (Wildman–Crippen MR) is 105 cm³/mol. The number of benzene rings is 1. The molecule has 27 heavy (non-hydrogen) atoms. The van der Waals surface area contributed by atoms with Crippen molar-refractivity contribution >= 4 is 40.3 Å². The van der Waals surface area contributed by atoms with Gasteiger partial charge in [-0.25, -0.2) is 4.98 Å². The van der Waals surface area contributed by atoms with E-state index >= 15 is 0 Å². The average Bonchev–Trinajstić information content (AvgIpc) is 3.37. The summed E-state index contributed by atoms with van der Waals surface area (Å²) in [5, 5.41) is 18.7. The minimum Gasteiger partial charge on any atom is -0.486 e. The van der Waals surface area contributed by atoms with E-state index in [0.717, 1.165) is 10.6 Å². The Morgan fingerprint density at radius 2 is 2.07 bits per heavy atom. The maximum atomic E-state index is 12.5. The van der Waals surface area contributed by atoms with Gasteiger partial charge in [0.2, 0.25) is 0 Å². The van der Waals surface area contributed by atoms with Gasteiger partial charge in [0.15, 0.2) is 11.5 Å². The van der Waals surface area contributed by atoms with Crippen LogP contribution in [-0.2, 0) is 4.79 Å². The molecule has 3 aromatic rings. The van der Waals surface area contributed by atoms with Gasteiger partial charge in [0.1, 0.15) is 29.9 Å². The van der Waals surface area contributed by atoms with Gasteiger partial charge in [-0.3, -0.25) is 4.79 Å². The van der Waals surface area contributed by atoms with Gasteiger partial charge in [-0.15, -0.1) is 11.3 Å². The number of anilines is 1. The van der Waals surface area contributed by atoms with E-state index in [-0.39, 0.29) is 5.57 Å². The molecule has 0 unspecified atom stereocenters. The Labute approximate surface area is 163 Å². The van der Waals surface area contributed by atoms with E-state index in [4.69, 9.17) is 9.47 Å². The number of aromatic nitrogens is 1. The highest BCUT2D eigenvalue weighted by Crippen LogP contribution is 2.32. The van der Waals surface area contributed by atoms with Crippen LogP contribution >= 0.6 is 22.7 Å². The van der Waals surface area contributed by atoms with E-state index in [1.54, 1.807) is 29.5 Å². The molecule has 1 aromatic carbocycles. The van der Waals surface area contributed by atoms with Gasteiger partial charge in [0.25, 0.3) is 5.91 Å². The molecule has 0 saturated heterocycles. The number of nitrogens with one attached hydrogen (secondary N) is 1. The van der Waals surface area contributed by atoms with Gasteiger partial charge < -0.3 is 14.8 Å². The summed E-state index contributed by atoms with van der Waals surface area (Å²) in [7, 11) is 0. The molecule has 3 heterocycles. The van der Waals surface area contributed by atoms with Crippen molar-refractivity contribution in [1.82, 2.24) is 4.98 Å². The summed E-state index contributed by atoms with van der Waals surface area (Å²) in [4.78, 5) is 16.9. The van der Waals surface area contributed by atoms with E-state index in [1.807, 2.05) is 28.3 Å². The summed E-state index contributed by atoms with van der Waals surface area (Å²) >= 11 is 3.06. The van der Waals surface area contributed by atoms with Crippen LogP contribution in [0.2, 0.25) is 0 Å². The van der Waals surface area contributed by atoms with Crippen LogP contribution in [0.3, 0.4) is 0 Å². The van der Waals surface area contributed by atoms with Crippen LogP contribution in [0, 0.1) is 11.3 Å². The van der Waals surface area contributed by atoms with Crippen molar-refractivity contribution in [3.63, 3.8) is 0 Å². The van der Waals surface area contributed by atoms with Crippen LogP contribution in [0.1, 0.15) is 5.69 Å². The number of nitrogens with zero attached hydrogens (tertiary/aromatic N) is 2. The Hall–Kier alpha value is -3.15. The zero-order valence-corrected chi connectivity index (χ0v) is 15.6. The van der Waals surface area contributed by atoms with Crippen LogP contribution in [0.15, 0.2) is 46.0 Å². The lowest BCUT2D eigenvalue weighted by Crippen LogP contribution is -2.17. The topological polar surface area (TPSA) is 84.2 Å². The molecule has 0 radical (unpaired) electrons. The molecule has 0 fully saturated rings. The van der Waals surface area contributed by atoms with Crippen LogP contribution in [0.25, 0.3) is 16.6 Å². The van der Waals surface area contributed by atoms with E-state index in [1.165, 1.54) is 17.4 Å². The average molecular weight is 395 g/mol. The number of rotatable bonds is 4. The van der Waals surface area contributed by atoms with Crippen molar-refractivity contribution in [1.29, 1.82) is 5.26 Å². The van der Waals surface area contributed by atoms with Gasteiger partial charge in [0.05, 0.1) is 5.69 Å². The summed E-state index contributed by atoms with van der Waals surface area (Å²) in [6, 6.07) is 9.03. The number of thiophene rings is 1. The van der Waals surface area contributed by atoms with E-state index in [2.05, 4.69) is 10.3 Å². The number of carbonyl (C=O) groups is 1. The number of hydrogen-bond acceptors (Lipinski definition) is 7. The molecule has 2 aromatic heterocycles. The molecule has 0 atom stereocenters. The number of fused-ring (bicyclic) bond motifs is 1. The van der Waals surface area contributed by atoms with Gasteiger partial charge >= 0.3 is 0 Å². The Bertz CT molecular complexity index is 1050. The molecule has 0 spiro atoms. The number of amides is 1. The highest BCUT2D eigenvalue weighted by atomic mass is 32.1. The van der Waals surface area contributed by atoms with Crippen LogP contribution in [0.5, 0.6) is 11.5 Å². The van der Waals surface area contributed by atoms with Crippen molar-refractivity contribution in [2.75, 3.05) is 18.5 Å². The zero-order valence-electron chi connectivity index (χ0n) is 14.0. The second kappa shape index (κ2) is 7.61. The minimum absolute atomic E-state index is 0.0212. The normalized spacial score (nSPS) is 13.1. The summed E-state index contributed by atoms with van der Waals surface area (Å²) < 4.78 is 11.0. The smallest absolute Gasteiger partial charge is 0.266 e. The van der Waals surface area contributed by atoms with Gasteiger partial charge in [0, 0.05) is 28.1 Å². The third-order valence-electron chi connectivity index (χ3n) is 3.75.